The van der Waals surface area contributed by atoms with Crippen LogP contribution in [-0.4, -0.2) is 4.98 Å². The minimum absolute atomic E-state index is 0.0375. The van der Waals surface area contributed by atoms with Crippen LogP contribution >= 0.6 is 0 Å². The number of nitrogens with two attached hydrogens (primary N) is 1. The Morgan fingerprint density at radius 1 is 0.952 bits per heavy atom. The lowest BCUT2D eigenvalue weighted by Gasteiger charge is -2.11. The van der Waals surface area contributed by atoms with E-state index in [-0.39, 0.29) is 22.7 Å². The SMILES string of the molecule is Nc1cc(F)c(Oc2ccc(F)c(F)c2)c2ncccc12. The van der Waals surface area contributed by atoms with Crippen molar-refractivity contribution in [2.75, 3.05) is 5.73 Å². The summed E-state index contributed by atoms with van der Waals surface area (Å²) in [6.45, 7) is 0. The molecule has 1 heterocycles. The van der Waals surface area contributed by atoms with Gasteiger partial charge in [-0.15, -0.1) is 0 Å². The summed E-state index contributed by atoms with van der Waals surface area (Å²) in [7, 11) is 0. The molecule has 0 fully saturated rings. The number of ether oxygens (including phenoxy) is 1. The third-order valence-electron chi connectivity index (χ3n) is 2.94. The van der Waals surface area contributed by atoms with Crippen LogP contribution in [0.15, 0.2) is 42.6 Å². The Morgan fingerprint density at radius 3 is 2.52 bits per heavy atom. The molecule has 0 atom stereocenters. The summed E-state index contributed by atoms with van der Waals surface area (Å²) in [6, 6.07) is 7.34. The molecule has 106 valence electrons. The lowest BCUT2D eigenvalue weighted by molar-refractivity contribution is 0.436. The zero-order chi connectivity index (χ0) is 15.0. The Labute approximate surface area is 117 Å². The lowest BCUT2D eigenvalue weighted by atomic mass is 10.1. The number of rotatable bonds is 2. The number of pyridine rings is 1. The highest BCUT2D eigenvalue weighted by atomic mass is 19.2. The van der Waals surface area contributed by atoms with Crippen LogP contribution in [0.2, 0.25) is 0 Å². The van der Waals surface area contributed by atoms with Gasteiger partial charge in [-0.25, -0.2) is 13.2 Å². The maximum absolute atomic E-state index is 14.0. The Morgan fingerprint density at radius 2 is 1.76 bits per heavy atom. The second-order valence-corrected chi connectivity index (χ2v) is 4.35. The number of hydrogen-bond acceptors (Lipinski definition) is 3. The molecule has 0 unspecified atom stereocenters. The number of nitrogens with zero attached hydrogens (tertiary/aromatic N) is 1. The van der Waals surface area contributed by atoms with Gasteiger partial charge in [0, 0.05) is 29.4 Å². The zero-order valence-electron chi connectivity index (χ0n) is 10.6. The van der Waals surface area contributed by atoms with Crippen LogP contribution in [0.25, 0.3) is 10.9 Å². The molecule has 1 aromatic heterocycles. The molecule has 0 saturated heterocycles. The second-order valence-electron chi connectivity index (χ2n) is 4.35. The van der Waals surface area contributed by atoms with Crippen LogP contribution in [0.4, 0.5) is 18.9 Å². The van der Waals surface area contributed by atoms with Crippen LogP contribution in [0.3, 0.4) is 0 Å². The van der Waals surface area contributed by atoms with E-state index in [9.17, 15) is 13.2 Å². The molecule has 0 bridgehead atoms. The van der Waals surface area contributed by atoms with Gasteiger partial charge in [-0.3, -0.25) is 4.98 Å². The molecule has 3 rings (SSSR count). The number of hydrogen-bond donors (Lipinski definition) is 1. The molecule has 0 spiro atoms. The Hall–Kier alpha value is -2.76. The van der Waals surface area contributed by atoms with E-state index in [1.165, 1.54) is 12.3 Å². The molecule has 0 aliphatic carbocycles. The first-order valence-electron chi connectivity index (χ1n) is 6.02. The van der Waals surface area contributed by atoms with E-state index in [2.05, 4.69) is 4.98 Å². The molecule has 0 radical (unpaired) electrons. The maximum atomic E-state index is 14.0. The number of halogens is 3. The van der Waals surface area contributed by atoms with E-state index < -0.39 is 17.5 Å². The third kappa shape index (κ3) is 2.35. The first kappa shape index (κ1) is 13.2. The van der Waals surface area contributed by atoms with E-state index >= 15 is 0 Å². The smallest absolute Gasteiger partial charge is 0.189 e. The van der Waals surface area contributed by atoms with Crippen molar-refractivity contribution in [3.63, 3.8) is 0 Å². The quantitative estimate of drug-likeness (QED) is 0.725. The Balaban J connectivity index is 2.14. The predicted molar refractivity (Wildman–Crippen MR) is 72.5 cm³/mol. The zero-order valence-corrected chi connectivity index (χ0v) is 10.6. The van der Waals surface area contributed by atoms with Crippen molar-refractivity contribution < 1.29 is 17.9 Å². The number of benzene rings is 2. The third-order valence-corrected chi connectivity index (χ3v) is 2.94. The van der Waals surface area contributed by atoms with Crippen molar-refractivity contribution in [2.24, 2.45) is 0 Å². The standard InChI is InChI=1S/C15H9F3N2O/c16-10-4-3-8(6-11(10)17)21-15-12(18)7-13(19)9-2-1-5-20-14(9)15/h1-7H,19H2. The average Bonchev–Trinajstić information content (AvgIpc) is 2.47. The van der Waals surface area contributed by atoms with Crippen molar-refractivity contribution >= 4 is 16.6 Å². The molecule has 3 aromatic rings. The molecular weight excluding hydrogens is 281 g/mol. The van der Waals surface area contributed by atoms with Crippen LogP contribution in [0, 0.1) is 17.5 Å². The highest BCUT2D eigenvalue weighted by molar-refractivity contribution is 5.94. The normalized spacial score (nSPS) is 10.8. The monoisotopic (exact) mass is 290 g/mol. The first-order valence-corrected chi connectivity index (χ1v) is 6.02. The summed E-state index contributed by atoms with van der Waals surface area (Å²) in [5.41, 5.74) is 6.14. The molecule has 2 N–H and O–H groups in total. The lowest BCUT2D eigenvalue weighted by Crippen LogP contribution is -1.97. The van der Waals surface area contributed by atoms with Crippen molar-refractivity contribution in [2.45, 2.75) is 0 Å². The van der Waals surface area contributed by atoms with Crippen molar-refractivity contribution in [1.82, 2.24) is 4.98 Å². The van der Waals surface area contributed by atoms with Gasteiger partial charge in [0.2, 0.25) is 0 Å². The summed E-state index contributed by atoms with van der Waals surface area (Å²) < 4.78 is 45.4. The molecule has 3 nitrogen and oxygen atoms in total. The topological polar surface area (TPSA) is 48.1 Å². The molecule has 21 heavy (non-hydrogen) atoms. The number of aromatic nitrogens is 1. The van der Waals surface area contributed by atoms with Gasteiger partial charge in [0.15, 0.2) is 23.2 Å². The maximum Gasteiger partial charge on any atom is 0.189 e. The van der Waals surface area contributed by atoms with E-state index in [0.717, 1.165) is 18.2 Å². The minimum Gasteiger partial charge on any atom is -0.452 e. The average molecular weight is 290 g/mol. The fourth-order valence-electron chi connectivity index (χ4n) is 1.97. The fourth-order valence-corrected chi connectivity index (χ4v) is 1.97. The molecule has 0 saturated carbocycles. The molecule has 0 amide bonds. The summed E-state index contributed by atoms with van der Waals surface area (Å²) in [5.74, 6) is -3.05. The van der Waals surface area contributed by atoms with E-state index in [1.54, 1.807) is 12.1 Å². The van der Waals surface area contributed by atoms with Crippen molar-refractivity contribution in [3.05, 3.63) is 60.0 Å². The highest BCUT2D eigenvalue weighted by Gasteiger charge is 2.15. The summed E-state index contributed by atoms with van der Waals surface area (Å²) in [4.78, 5) is 4.03. The number of anilines is 1. The van der Waals surface area contributed by atoms with Gasteiger partial charge in [-0.2, -0.15) is 0 Å². The number of fused-ring (bicyclic) bond motifs is 1. The van der Waals surface area contributed by atoms with Gasteiger partial charge in [-0.05, 0) is 24.3 Å². The van der Waals surface area contributed by atoms with E-state index in [1.807, 2.05) is 0 Å². The van der Waals surface area contributed by atoms with Gasteiger partial charge in [0.25, 0.3) is 0 Å². The summed E-state index contributed by atoms with van der Waals surface area (Å²) in [5, 5.41) is 0.511. The first-order chi connectivity index (χ1) is 10.1. The molecular formula is C15H9F3N2O. The highest BCUT2D eigenvalue weighted by Crippen LogP contribution is 2.34. The fraction of sp³-hybridized carbons (Fsp3) is 0. The van der Waals surface area contributed by atoms with Gasteiger partial charge >= 0.3 is 0 Å². The molecule has 0 aliphatic heterocycles. The van der Waals surface area contributed by atoms with Gasteiger partial charge in [0.1, 0.15) is 11.3 Å². The Kier molecular flexibility index (Phi) is 3.13. The van der Waals surface area contributed by atoms with Gasteiger partial charge < -0.3 is 10.5 Å². The minimum atomic E-state index is -1.08. The second kappa shape index (κ2) is 4.97. The van der Waals surface area contributed by atoms with E-state index in [0.29, 0.717) is 5.39 Å². The summed E-state index contributed by atoms with van der Waals surface area (Å²) >= 11 is 0. The summed E-state index contributed by atoms with van der Waals surface area (Å²) in [6.07, 6.45) is 1.46. The van der Waals surface area contributed by atoms with Crippen molar-refractivity contribution in [3.8, 4) is 11.5 Å². The van der Waals surface area contributed by atoms with E-state index in [4.69, 9.17) is 10.5 Å². The molecule has 0 aliphatic rings. The largest absolute Gasteiger partial charge is 0.452 e. The van der Waals surface area contributed by atoms with Crippen molar-refractivity contribution in [1.29, 1.82) is 0 Å². The predicted octanol–water partition coefficient (Wildman–Crippen LogP) is 4.03. The van der Waals surface area contributed by atoms with Gasteiger partial charge in [0.05, 0.1) is 0 Å². The Bertz CT molecular complexity index is 837. The van der Waals surface area contributed by atoms with Crippen LogP contribution in [0.5, 0.6) is 11.5 Å². The molecule has 2 aromatic carbocycles. The van der Waals surface area contributed by atoms with Crippen LogP contribution in [-0.2, 0) is 0 Å². The van der Waals surface area contributed by atoms with Crippen LogP contribution < -0.4 is 10.5 Å². The molecule has 6 heteroatoms. The van der Waals surface area contributed by atoms with Crippen LogP contribution in [0.1, 0.15) is 0 Å². The number of nitrogen functional groups attached to an aromatic ring is 1. The van der Waals surface area contributed by atoms with Gasteiger partial charge in [-0.1, -0.05) is 0 Å².